The second-order valence-corrected chi connectivity index (χ2v) is 17.0. The average Bonchev–Trinajstić information content (AvgIpc) is 3.83. The van der Waals surface area contributed by atoms with E-state index < -0.39 is 0 Å². The molecule has 2 saturated carbocycles. The Bertz CT molecular complexity index is 2410. The van der Waals surface area contributed by atoms with Crippen LogP contribution in [0, 0.1) is 25.7 Å². The molecule has 0 nitrogen and oxygen atoms in total. The Morgan fingerprint density at radius 2 is 0.867 bits per heavy atom. The fourth-order valence-electron chi connectivity index (χ4n) is 10.3. The third-order valence-corrected chi connectivity index (χ3v) is 13.3. The van der Waals surface area contributed by atoms with E-state index in [2.05, 4.69) is 166 Å². The molecule has 0 aliphatic heterocycles. The van der Waals surface area contributed by atoms with E-state index in [1.54, 1.807) is 0 Å². The summed E-state index contributed by atoms with van der Waals surface area (Å²) in [5.41, 5.74) is 9.61. The van der Waals surface area contributed by atoms with Crippen LogP contribution in [0.3, 0.4) is 0 Å². The van der Waals surface area contributed by atoms with Gasteiger partial charge < -0.3 is 14.9 Å². The standard InChI is InChI=1S/2C27H27.2CH3.2ClH.Si.Zr/c2*1-2-13-27(14-6-15-27)19-20-16-23-9-5-10-25(26(23)17-20)24-12-11-21-7-3-4-8-22(21)18-24;;;;;;/h2*3-5,7-12,16-18H,2,6,13-15,19H2,1H3;2*1H3;2*1H;;/q4*-1;;;;. The number of hydrogen-bond acceptors (Lipinski definition) is 0. The maximum absolute atomic E-state index is 3.06. The van der Waals surface area contributed by atoms with E-state index in [9.17, 15) is 0 Å². The van der Waals surface area contributed by atoms with Crippen LogP contribution in [0.15, 0.2) is 146 Å². The fraction of sp³-hybridized carbons (Fsp3) is 0.286. The SMILES string of the molecule is CCCC1(Cc2cc3c(-c4ccc5ccccc5c4)cccc3[cH-]2)CCC1.CCCC1(Cc2cc3c(-c4ccc5ccccc5c4)cccc3[cH-]2)CCC1.Cl.Cl.[CH3-].[CH3-].[Si]=[Zr]. The van der Waals surface area contributed by atoms with Gasteiger partial charge in [0.25, 0.3) is 0 Å². The van der Waals surface area contributed by atoms with Gasteiger partial charge in [0.15, 0.2) is 0 Å². The molecule has 0 spiro atoms. The van der Waals surface area contributed by atoms with Crippen molar-refractivity contribution in [2.45, 2.75) is 90.9 Å². The predicted octanol–water partition coefficient (Wildman–Crippen LogP) is 17.1. The topological polar surface area (TPSA) is 0 Å². The predicted molar refractivity (Wildman–Crippen MR) is 268 cm³/mol. The normalized spacial score (nSPS) is 14.3. The molecule has 2 aliphatic carbocycles. The molecule has 0 saturated heterocycles. The van der Waals surface area contributed by atoms with Crippen LogP contribution in [0.4, 0.5) is 0 Å². The Balaban J connectivity index is 0.000000239. The van der Waals surface area contributed by atoms with E-state index in [1.165, 1.54) is 177 Å². The second-order valence-electron chi connectivity index (χ2n) is 17.0. The van der Waals surface area contributed by atoms with Crippen LogP contribution in [0.2, 0.25) is 0 Å². The Hall–Kier alpha value is -3.26. The van der Waals surface area contributed by atoms with E-state index in [0.29, 0.717) is 10.8 Å². The van der Waals surface area contributed by atoms with Gasteiger partial charge >= 0.3 is 30.2 Å². The number of hydrogen-bond donors (Lipinski definition) is 0. The van der Waals surface area contributed by atoms with Gasteiger partial charge in [0, 0.05) is 0 Å². The molecule has 0 bridgehead atoms. The van der Waals surface area contributed by atoms with Gasteiger partial charge in [0.05, 0.1) is 0 Å². The van der Waals surface area contributed by atoms with Crippen LogP contribution in [-0.4, -0.2) is 6.88 Å². The summed E-state index contributed by atoms with van der Waals surface area (Å²) in [5, 5.41) is 10.8. The molecule has 0 atom stereocenters. The molecule has 0 unspecified atom stereocenters. The summed E-state index contributed by atoms with van der Waals surface area (Å²) in [7, 11) is 0. The zero-order valence-electron chi connectivity index (χ0n) is 36.2. The van der Waals surface area contributed by atoms with E-state index >= 15 is 0 Å². The molecule has 0 amide bonds. The van der Waals surface area contributed by atoms with E-state index in [0.717, 1.165) is 0 Å². The minimum atomic E-state index is 0. The summed E-state index contributed by atoms with van der Waals surface area (Å²) in [5.74, 6) is 0. The molecule has 10 rings (SSSR count). The third-order valence-electron chi connectivity index (χ3n) is 13.3. The first-order valence-corrected chi connectivity index (χ1v) is 25.3. The second kappa shape index (κ2) is 22.2. The molecule has 4 heteroatoms. The van der Waals surface area contributed by atoms with Gasteiger partial charge in [-0.25, -0.2) is 0 Å². The molecule has 2 fully saturated rings. The van der Waals surface area contributed by atoms with Crippen LogP contribution in [0.25, 0.3) is 65.3 Å². The summed E-state index contributed by atoms with van der Waals surface area (Å²) >= 11 is 1.36. The number of halogens is 2. The van der Waals surface area contributed by atoms with Crippen LogP contribution >= 0.6 is 24.8 Å². The molecule has 2 aliphatic rings. The van der Waals surface area contributed by atoms with Crippen molar-refractivity contribution in [1.29, 1.82) is 0 Å². The van der Waals surface area contributed by atoms with Crippen molar-refractivity contribution >= 4 is 74.8 Å². The van der Waals surface area contributed by atoms with Crippen LogP contribution in [0.1, 0.15) is 89.2 Å². The Morgan fingerprint density at radius 3 is 1.22 bits per heavy atom. The first kappa shape index (κ1) is 49.4. The number of benzene rings is 6. The molecule has 0 N–H and O–H groups in total. The van der Waals surface area contributed by atoms with Gasteiger partial charge in [0.2, 0.25) is 0 Å². The molecule has 8 aromatic carbocycles. The molecule has 0 aromatic heterocycles. The quantitative estimate of drug-likeness (QED) is 0.0947. The summed E-state index contributed by atoms with van der Waals surface area (Å²) in [6.45, 7) is 7.73. The van der Waals surface area contributed by atoms with Crippen molar-refractivity contribution in [2.24, 2.45) is 10.8 Å². The summed E-state index contributed by atoms with van der Waals surface area (Å²) in [4.78, 5) is 0. The fourth-order valence-corrected chi connectivity index (χ4v) is 10.3. The third kappa shape index (κ3) is 10.5. The zero-order chi connectivity index (χ0) is 38.5. The summed E-state index contributed by atoms with van der Waals surface area (Å²) in [6.07, 6.45) is 16.4. The van der Waals surface area contributed by atoms with Crippen molar-refractivity contribution in [1.82, 2.24) is 0 Å². The molecular weight excluding hydrogens is 863 g/mol. The average molecular weight is 925 g/mol. The van der Waals surface area contributed by atoms with Crippen molar-refractivity contribution in [3.63, 3.8) is 0 Å². The number of rotatable bonds is 10. The van der Waals surface area contributed by atoms with Crippen LogP contribution in [0.5, 0.6) is 0 Å². The number of fused-ring (bicyclic) bond motifs is 4. The van der Waals surface area contributed by atoms with Gasteiger partial charge in [-0.3, -0.25) is 0 Å². The van der Waals surface area contributed by atoms with Crippen molar-refractivity contribution < 1.29 is 23.3 Å². The van der Waals surface area contributed by atoms with E-state index in [-0.39, 0.29) is 39.7 Å². The summed E-state index contributed by atoms with van der Waals surface area (Å²) < 4.78 is 0. The zero-order valence-corrected chi connectivity index (χ0v) is 41.2. The molecule has 0 heterocycles. The van der Waals surface area contributed by atoms with E-state index in [4.69, 9.17) is 0 Å². The first-order valence-electron chi connectivity index (χ1n) is 21.1. The Kier molecular flexibility index (Phi) is 18.3. The van der Waals surface area contributed by atoms with Crippen molar-refractivity contribution in [3.8, 4) is 22.3 Å². The molecule has 2 radical (unpaired) electrons. The van der Waals surface area contributed by atoms with Gasteiger partial charge in [-0.1, -0.05) is 136 Å². The van der Waals surface area contributed by atoms with Crippen molar-refractivity contribution in [2.75, 3.05) is 0 Å². The van der Waals surface area contributed by atoms with Gasteiger partial charge in [0.1, 0.15) is 0 Å². The molecule has 8 aromatic rings. The Morgan fingerprint density at radius 1 is 0.483 bits per heavy atom. The maximum atomic E-state index is 3.06. The monoisotopic (exact) mass is 922 g/mol. The van der Waals surface area contributed by atoms with Gasteiger partial charge in [-0.15, -0.1) is 93.9 Å². The summed E-state index contributed by atoms with van der Waals surface area (Å²) in [6, 6.07) is 54.3. The molecular formula is C56H62Cl2SiZr-4. The first-order chi connectivity index (χ1) is 27.5. The Labute approximate surface area is 390 Å². The van der Waals surface area contributed by atoms with E-state index in [1.807, 2.05) is 0 Å². The minimum absolute atomic E-state index is 0. The molecule has 312 valence electrons. The van der Waals surface area contributed by atoms with Gasteiger partial charge in [-0.2, -0.15) is 12.1 Å². The van der Waals surface area contributed by atoms with Gasteiger partial charge in [-0.05, 0) is 107 Å². The van der Waals surface area contributed by atoms with Crippen LogP contribution in [-0.2, 0) is 36.2 Å². The molecule has 60 heavy (non-hydrogen) atoms. The van der Waals surface area contributed by atoms with Crippen molar-refractivity contribution in [3.05, 3.63) is 172 Å². The van der Waals surface area contributed by atoms with Crippen LogP contribution < -0.4 is 0 Å².